The molecule has 0 aliphatic heterocycles. The minimum Gasteiger partial charge on any atom is -0.481 e. The van der Waals surface area contributed by atoms with Gasteiger partial charge in [-0.2, -0.15) is 0 Å². The minimum absolute atomic E-state index is 0.0497. The van der Waals surface area contributed by atoms with Gasteiger partial charge in [0, 0.05) is 46.0 Å². The summed E-state index contributed by atoms with van der Waals surface area (Å²) in [7, 11) is 0. The quantitative estimate of drug-likeness (QED) is 0.341. The Bertz CT molecular complexity index is 498. The molecule has 1 atom stereocenters. The molecular formula is C17H31N3O8. The second kappa shape index (κ2) is 21.9. The van der Waals surface area contributed by atoms with Crippen LogP contribution >= 0.6 is 0 Å². The second-order valence-electron chi connectivity index (χ2n) is 5.02. The molecule has 1 aromatic rings. The monoisotopic (exact) mass is 405 g/mol. The maximum absolute atomic E-state index is 9.00. The standard InChI is InChI=1S/C9H15N3.4C2H4O2/c10-6-9(12)5-7-1-3-8(11)4-2-7;4*1-2(3)4/h1-4,9H,5-6,10-12H2;4*1H3,(H,3,4). The summed E-state index contributed by atoms with van der Waals surface area (Å²) in [5.41, 5.74) is 18.6. The van der Waals surface area contributed by atoms with Crippen molar-refractivity contribution < 1.29 is 39.6 Å². The van der Waals surface area contributed by atoms with Crippen LogP contribution in [-0.2, 0) is 25.6 Å². The number of hydrogen-bond donors (Lipinski definition) is 7. The summed E-state index contributed by atoms with van der Waals surface area (Å²) in [6.45, 7) is 4.85. The summed E-state index contributed by atoms with van der Waals surface area (Å²) >= 11 is 0. The number of aliphatic carboxylic acids is 4. The molecule has 0 bridgehead atoms. The number of carbonyl (C=O) groups is 4. The average molecular weight is 405 g/mol. The maximum atomic E-state index is 9.00. The van der Waals surface area contributed by atoms with Gasteiger partial charge in [-0.1, -0.05) is 12.1 Å². The van der Waals surface area contributed by atoms with Crippen LogP contribution in [-0.4, -0.2) is 56.9 Å². The van der Waals surface area contributed by atoms with Crippen molar-refractivity contribution in [2.75, 3.05) is 12.3 Å². The van der Waals surface area contributed by atoms with Crippen LogP contribution < -0.4 is 17.2 Å². The van der Waals surface area contributed by atoms with Crippen LogP contribution in [0, 0.1) is 0 Å². The number of carboxylic acids is 4. The maximum Gasteiger partial charge on any atom is 0.300 e. The van der Waals surface area contributed by atoms with Crippen molar-refractivity contribution in [3.8, 4) is 0 Å². The van der Waals surface area contributed by atoms with Crippen LogP contribution in [0.4, 0.5) is 5.69 Å². The molecule has 0 spiro atoms. The molecule has 0 fully saturated rings. The van der Waals surface area contributed by atoms with Gasteiger partial charge >= 0.3 is 0 Å². The van der Waals surface area contributed by atoms with Crippen molar-refractivity contribution in [1.29, 1.82) is 0 Å². The first-order chi connectivity index (χ1) is 12.6. The summed E-state index contributed by atoms with van der Waals surface area (Å²) in [4.78, 5) is 36.0. The van der Waals surface area contributed by atoms with Crippen LogP contribution in [0.5, 0.6) is 0 Å². The fraction of sp³-hybridized carbons (Fsp3) is 0.412. The molecular weight excluding hydrogens is 374 g/mol. The first kappa shape index (κ1) is 32.5. The summed E-state index contributed by atoms with van der Waals surface area (Å²) in [6.07, 6.45) is 0.816. The highest BCUT2D eigenvalue weighted by Gasteiger charge is 2.00. The Morgan fingerprint density at radius 2 is 1.04 bits per heavy atom. The Labute approximate surface area is 163 Å². The van der Waals surface area contributed by atoms with E-state index in [-0.39, 0.29) is 6.04 Å². The smallest absolute Gasteiger partial charge is 0.300 e. The third kappa shape index (κ3) is 66.1. The van der Waals surface area contributed by atoms with Gasteiger partial charge in [0.25, 0.3) is 23.9 Å². The lowest BCUT2D eigenvalue weighted by atomic mass is 10.1. The zero-order valence-electron chi connectivity index (χ0n) is 16.5. The van der Waals surface area contributed by atoms with Crippen molar-refractivity contribution in [3.05, 3.63) is 29.8 Å². The van der Waals surface area contributed by atoms with E-state index in [4.69, 9.17) is 56.8 Å². The van der Waals surface area contributed by atoms with Crippen LogP contribution in [0.2, 0.25) is 0 Å². The van der Waals surface area contributed by atoms with Gasteiger partial charge in [-0.25, -0.2) is 0 Å². The van der Waals surface area contributed by atoms with E-state index >= 15 is 0 Å². The number of hydrogen-bond acceptors (Lipinski definition) is 7. The Morgan fingerprint density at radius 1 is 0.786 bits per heavy atom. The van der Waals surface area contributed by atoms with Gasteiger partial charge in [-0.15, -0.1) is 0 Å². The first-order valence-corrected chi connectivity index (χ1v) is 7.73. The van der Waals surface area contributed by atoms with E-state index in [9.17, 15) is 0 Å². The van der Waals surface area contributed by atoms with Crippen molar-refractivity contribution in [2.45, 2.75) is 40.2 Å². The van der Waals surface area contributed by atoms with Crippen molar-refractivity contribution in [1.82, 2.24) is 0 Å². The molecule has 0 aliphatic rings. The Morgan fingerprint density at radius 3 is 1.25 bits per heavy atom. The minimum atomic E-state index is -0.833. The summed E-state index contributed by atoms with van der Waals surface area (Å²) in [6, 6.07) is 7.75. The molecule has 11 nitrogen and oxygen atoms in total. The van der Waals surface area contributed by atoms with Crippen LogP contribution in [0.1, 0.15) is 33.3 Å². The zero-order chi connectivity index (χ0) is 23.3. The lowest BCUT2D eigenvalue weighted by Crippen LogP contribution is -2.31. The molecule has 1 rings (SSSR count). The Hall–Kier alpha value is -3.18. The molecule has 0 aromatic heterocycles. The highest BCUT2D eigenvalue weighted by Crippen LogP contribution is 2.06. The largest absolute Gasteiger partial charge is 0.481 e. The van der Waals surface area contributed by atoms with Gasteiger partial charge in [0.2, 0.25) is 0 Å². The van der Waals surface area contributed by atoms with Gasteiger partial charge in [-0.3, -0.25) is 19.2 Å². The predicted octanol–water partition coefficient (Wildman–Crippen LogP) is 0.461. The van der Waals surface area contributed by atoms with Gasteiger partial charge < -0.3 is 37.6 Å². The van der Waals surface area contributed by atoms with E-state index in [0.29, 0.717) is 6.54 Å². The number of nitrogens with two attached hydrogens (primary N) is 3. The lowest BCUT2D eigenvalue weighted by molar-refractivity contribution is -0.135. The zero-order valence-corrected chi connectivity index (χ0v) is 16.5. The molecule has 28 heavy (non-hydrogen) atoms. The van der Waals surface area contributed by atoms with Gasteiger partial charge in [0.05, 0.1) is 0 Å². The first-order valence-electron chi connectivity index (χ1n) is 7.73. The molecule has 11 heteroatoms. The molecule has 10 N–H and O–H groups in total. The number of rotatable bonds is 3. The summed E-state index contributed by atoms with van der Waals surface area (Å²) in [5, 5.41) is 29.7. The molecule has 0 heterocycles. The van der Waals surface area contributed by atoms with Crippen LogP contribution in [0.15, 0.2) is 24.3 Å². The molecule has 0 aliphatic carbocycles. The highest BCUT2D eigenvalue weighted by molar-refractivity contribution is 5.63. The summed E-state index contributed by atoms with van der Waals surface area (Å²) in [5.74, 6) is -3.33. The third-order valence-corrected chi connectivity index (χ3v) is 1.78. The van der Waals surface area contributed by atoms with E-state index < -0.39 is 23.9 Å². The van der Waals surface area contributed by atoms with Gasteiger partial charge in [0.1, 0.15) is 0 Å². The second-order valence-corrected chi connectivity index (χ2v) is 5.02. The van der Waals surface area contributed by atoms with Gasteiger partial charge in [0.15, 0.2) is 0 Å². The molecule has 1 unspecified atom stereocenters. The molecule has 0 radical (unpaired) electrons. The average Bonchev–Trinajstić information content (AvgIpc) is 2.47. The topological polar surface area (TPSA) is 227 Å². The predicted molar refractivity (Wildman–Crippen MR) is 105 cm³/mol. The Balaban J connectivity index is -0.000000150. The summed E-state index contributed by atoms with van der Waals surface area (Å²) < 4.78 is 0. The molecule has 0 saturated heterocycles. The molecule has 162 valence electrons. The van der Waals surface area contributed by atoms with E-state index in [1.807, 2.05) is 24.3 Å². The highest BCUT2D eigenvalue weighted by atomic mass is 16.4. The lowest BCUT2D eigenvalue weighted by Gasteiger charge is -2.07. The molecule has 0 saturated carbocycles. The number of benzene rings is 1. The van der Waals surface area contributed by atoms with Crippen molar-refractivity contribution in [3.63, 3.8) is 0 Å². The number of carboxylic acid groups (broad SMARTS) is 4. The third-order valence-electron chi connectivity index (χ3n) is 1.78. The van der Waals surface area contributed by atoms with Crippen LogP contribution in [0.25, 0.3) is 0 Å². The normalized spacial score (nSPS) is 9.07. The fourth-order valence-corrected chi connectivity index (χ4v) is 1.04. The SMILES string of the molecule is CC(=O)O.CC(=O)O.CC(=O)O.CC(=O)O.NCC(N)Cc1ccc(N)cc1. The number of anilines is 1. The van der Waals surface area contributed by atoms with E-state index in [2.05, 4.69) is 0 Å². The molecule has 1 aromatic carbocycles. The van der Waals surface area contributed by atoms with E-state index in [1.165, 1.54) is 5.56 Å². The Kier molecular flexibility index (Phi) is 25.4. The number of nitrogen functional groups attached to an aromatic ring is 1. The molecule has 0 amide bonds. The van der Waals surface area contributed by atoms with Gasteiger partial charge in [-0.05, 0) is 24.1 Å². The van der Waals surface area contributed by atoms with Crippen LogP contribution in [0.3, 0.4) is 0 Å². The van der Waals surface area contributed by atoms with Crippen molar-refractivity contribution >= 4 is 29.6 Å². The van der Waals surface area contributed by atoms with Crippen molar-refractivity contribution in [2.24, 2.45) is 11.5 Å². The van der Waals surface area contributed by atoms with E-state index in [1.54, 1.807) is 0 Å². The fourth-order valence-electron chi connectivity index (χ4n) is 1.04. The van der Waals surface area contributed by atoms with E-state index in [0.717, 1.165) is 39.8 Å².